The highest BCUT2D eigenvalue weighted by molar-refractivity contribution is 5.79. The summed E-state index contributed by atoms with van der Waals surface area (Å²) in [4.78, 5) is 17.4. The third-order valence-electron chi connectivity index (χ3n) is 6.45. The molecule has 0 bridgehead atoms. The number of amides is 1. The third-order valence-corrected chi connectivity index (χ3v) is 6.45. The lowest BCUT2D eigenvalue weighted by atomic mass is 9.87. The number of halogens is 1. The summed E-state index contributed by atoms with van der Waals surface area (Å²) in [6, 6.07) is 12.7. The number of piperidine rings is 1. The van der Waals surface area contributed by atoms with E-state index in [2.05, 4.69) is 11.0 Å². The first kappa shape index (κ1) is 22.6. The van der Waals surface area contributed by atoms with Crippen LogP contribution in [-0.4, -0.2) is 62.8 Å². The molecule has 0 spiro atoms. The van der Waals surface area contributed by atoms with E-state index in [4.69, 9.17) is 14.2 Å². The molecule has 0 aliphatic carbocycles. The summed E-state index contributed by atoms with van der Waals surface area (Å²) in [6.07, 6.45) is 1.69. The van der Waals surface area contributed by atoms with Gasteiger partial charge in [-0.05, 0) is 48.2 Å². The van der Waals surface area contributed by atoms with Crippen molar-refractivity contribution in [2.45, 2.75) is 25.4 Å². The Morgan fingerprint density at radius 2 is 1.75 bits per heavy atom. The molecule has 2 fully saturated rings. The highest BCUT2D eigenvalue weighted by Gasteiger charge is 2.35. The number of carbonyl (C=O) groups excluding carboxylic acids is 1. The Morgan fingerprint density at radius 3 is 2.44 bits per heavy atom. The standard InChI is InChI=1S/C25H31FN2O4/c1-30-23-10-6-19(15-24(23)31-2)22-9-5-20(25(29)27-11-13-32-14-12-27)17-28(22)16-18-3-7-21(26)8-4-18/h3-4,6-8,10,15,20,22H,5,9,11-14,16-17H2,1-2H3. The van der Waals surface area contributed by atoms with E-state index in [-0.39, 0.29) is 23.7 Å². The van der Waals surface area contributed by atoms with Crippen molar-refractivity contribution >= 4 is 5.91 Å². The van der Waals surface area contributed by atoms with Crippen molar-refractivity contribution < 1.29 is 23.4 Å². The topological polar surface area (TPSA) is 51.2 Å². The predicted octanol–water partition coefficient (Wildman–Crippen LogP) is 3.66. The molecule has 2 atom stereocenters. The van der Waals surface area contributed by atoms with Crippen molar-refractivity contribution in [3.8, 4) is 11.5 Å². The molecule has 1 amide bonds. The fraction of sp³-hybridized carbons (Fsp3) is 0.480. The van der Waals surface area contributed by atoms with Crippen LogP contribution in [0.15, 0.2) is 42.5 Å². The minimum Gasteiger partial charge on any atom is -0.493 e. The van der Waals surface area contributed by atoms with Gasteiger partial charge in [-0.25, -0.2) is 4.39 Å². The Hall–Kier alpha value is -2.64. The molecular weight excluding hydrogens is 411 g/mol. The number of likely N-dealkylation sites (tertiary alicyclic amines) is 1. The first-order valence-corrected chi connectivity index (χ1v) is 11.2. The van der Waals surface area contributed by atoms with Gasteiger partial charge in [0.05, 0.1) is 33.4 Å². The zero-order valence-electron chi connectivity index (χ0n) is 18.8. The summed E-state index contributed by atoms with van der Waals surface area (Å²) in [5, 5.41) is 0. The van der Waals surface area contributed by atoms with E-state index in [1.807, 2.05) is 29.2 Å². The van der Waals surface area contributed by atoms with Crippen molar-refractivity contribution in [2.75, 3.05) is 47.1 Å². The smallest absolute Gasteiger partial charge is 0.227 e. The van der Waals surface area contributed by atoms with Crippen molar-refractivity contribution in [1.82, 2.24) is 9.80 Å². The molecule has 172 valence electrons. The molecule has 0 N–H and O–H groups in total. The molecular formula is C25H31FN2O4. The SMILES string of the molecule is COc1ccc(C2CCC(C(=O)N3CCOCC3)CN2Cc2ccc(F)cc2)cc1OC. The molecule has 6 nitrogen and oxygen atoms in total. The van der Waals surface area contributed by atoms with E-state index < -0.39 is 0 Å². The second-order valence-corrected chi connectivity index (χ2v) is 8.40. The predicted molar refractivity (Wildman–Crippen MR) is 119 cm³/mol. The molecule has 0 radical (unpaired) electrons. The van der Waals surface area contributed by atoms with Gasteiger partial charge in [0.15, 0.2) is 11.5 Å². The Kier molecular flexibility index (Phi) is 7.27. The number of hydrogen-bond donors (Lipinski definition) is 0. The monoisotopic (exact) mass is 442 g/mol. The van der Waals surface area contributed by atoms with Crippen LogP contribution in [0.25, 0.3) is 0 Å². The fourth-order valence-electron chi connectivity index (χ4n) is 4.72. The van der Waals surface area contributed by atoms with Crippen LogP contribution in [0.1, 0.15) is 30.0 Å². The molecule has 2 aliphatic heterocycles. The van der Waals surface area contributed by atoms with E-state index in [0.29, 0.717) is 50.9 Å². The van der Waals surface area contributed by atoms with E-state index in [1.54, 1.807) is 14.2 Å². The molecule has 2 unspecified atom stereocenters. The summed E-state index contributed by atoms with van der Waals surface area (Å²) in [5.74, 6) is 1.30. The molecule has 0 aromatic heterocycles. The van der Waals surface area contributed by atoms with Crippen molar-refractivity contribution in [3.63, 3.8) is 0 Å². The van der Waals surface area contributed by atoms with Gasteiger partial charge in [0.25, 0.3) is 0 Å². The molecule has 2 heterocycles. The van der Waals surface area contributed by atoms with E-state index in [0.717, 1.165) is 24.0 Å². The number of benzene rings is 2. The Bertz CT molecular complexity index is 915. The Morgan fingerprint density at radius 1 is 1.03 bits per heavy atom. The van der Waals surface area contributed by atoms with E-state index >= 15 is 0 Å². The molecule has 2 aliphatic rings. The number of morpholine rings is 1. The van der Waals surface area contributed by atoms with Crippen LogP contribution >= 0.6 is 0 Å². The molecule has 4 rings (SSSR count). The number of nitrogens with zero attached hydrogens (tertiary/aromatic N) is 2. The number of methoxy groups -OCH3 is 2. The van der Waals surface area contributed by atoms with Crippen molar-refractivity contribution in [3.05, 3.63) is 59.4 Å². The van der Waals surface area contributed by atoms with Crippen LogP contribution < -0.4 is 9.47 Å². The van der Waals surface area contributed by atoms with Crippen molar-refractivity contribution in [1.29, 1.82) is 0 Å². The quantitative estimate of drug-likeness (QED) is 0.684. The highest BCUT2D eigenvalue weighted by atomic mass is 19.1. The Balaban J connectivity index is 1.57. The average molecular weight is 443 g/mol. The van der Waals surface area contributed by atoms with Crippen LogP contribution in [-0.2, 0) is 16.1 Å². The molecule has 0 saturated carbocycles. The van der Waals surface area contributed by atoms with Crippen molar-refractivity contribution in [2.24, 2.45) is 5.92 Å². The van der Waals surface area contributed by atoms with Crippen LogP contribution in [0.3, 0.4) is 0 Å². The van der Waals surface area contributed by atoms with Crippen LogP contribution in [0.2, 0.25) is 0 Å². The summed E-state index contributed by atoms with van der Waals surface area (Å²) in [6.45, 7) is 3.83. The summed E-state index contributed by atoms with van der Waals surface area (Å²) < 4.78 is 29.7. The molecule has 2 saturated heterocycles. The van der Waals surface area contributed by atoms with Gasteiger partial charge in [0, 0.05) is 32.2 Å². The number of ether oxygens (including phenoxy) is 3. The van der Waals surface area contributed by atoms with Crippen LogP contribution in [0.4, 0.5) is 4.39 Å². The lowest BCUT2D eigenvalue weighted by Gasteiger charge is -2.41. The molecule has 32 heavy (non-hydrogen) atoms. The zero-order valence-corrected chi connectivity index (χ0v) is 18.8. The average Bonchev–Trinajstić information content (AvgIpc) is 2.85. The first-order valence-electron chi connectivity index (χ1n) is 11.2. The maximum atomic E-state index is 13.4. The molecule has 2 aromatic rings. The van der Waals surface area contributed by atoms with Crippen LogP contribution in [0.5, 0.6) is 11.5 Å². The third kappa shape index (κ3) is 5.05. The molecule has 2 aromatic carbocycles. The first-order chi connectivity index (χ1) is 15.6. The van der Waals surface area contributed by atoms with Crippen LogP contribution in [0, 0.1) is 11.7 Å². The van der Waals surface area contributed by atoms with Gasteiger partial charge in [-0.15, -0.1) is 0 Å². The Labute approximate surface area is 188 Å². The number of carbonyl (C=O) groups is 1. The second kappa shape index (κ2) is 10.3. The zero-order chi connectivity index (χ0) is 22.5. The normalized spacial score (nSPS) is 21.9. The summed E-state index contributed by atoms with van der Waals surface area (Å²) >= 11 is 0. The number of hydrogen-bond acceptors (Lipinski definition) is 5. The van der Waals surface area contributed by atoms with Gasteiger partial charge < -0.3 is 19.1 Å². The fourth-order valence-corrected chi connectivity index (χ4v) is 4.72. The van der Waals surface area contributed by atoms with Gasteiger partial charge in [-0.2, -0.15) is 0 Å². The van der Waals surface area contributed by atoms with Gasteiger partial charge in [-0.3, -0.25) is 9.69 Å². The van der Waals surface area contributed by atoms with Gasteiger partial charge >= 0.3 is 0 Å². The number of rotatable bonds is 6. The largest absolute Gasteiger partial charge is 0.493 e. The highest BCUT2D eigenvalue weighted by Crippen LogP contribution is 2.38. The second-order valence-electron chi connectivity index (χ2n) is 8.40. The molecule has 7 heteroatoms. The van der Waals surface area contributed by atoms with E-state index in [1.165, 1.54) is 12.1 Å². The summed E-state index contributed by atoms with van der Waals surface area (Å²) in [5.41, 5.74) is 2.15. The maximum Gasteiger partial charge on any atom is 0.227 e. The summed E-state index contributed by atoms with van der Waals surface area (Å²) in [7, 11) is 3.26. The minimum atomic E-state index is -0.246. The minimum absolute atomic E-state index is 0.0510. The lowest BCUT2D eigenvalue weighted by Crippen LogP contribution is -2.48. The van der Waals surface area contributed by atoms with Gasteiger partial charge in [0.1, 0.15) is 5.82 Å². The van der Waals surface area contributed by atoms with E-state index in [9.17, 15) is 9.18 Å². The maximum absolute atomic E-state index is 13.4. The van der Waals surface area contributed by atoms with Gasteiger partial charge in [0.2, 0.25) is 5.91 Å². The van der Waals surface area contributed by atoms with Gasteiger partial charge in [-0.1, -0.05) is 18.2 Å². The lowest BCUT2D eigenvalue weighted by molar-refractivity contribution is -0.142.